The molecule has 3 rings (SSSR count). The van der Waals surface area contributed by atoms with Crippen molar-refractivity contribution in [1.82, 2.24) is 4.90 Å². The van der Waals surface area contributed by atoms with Gasteiger partial charge in [-0.05, 0) is 61.0 Å². The lowest BCUT2D eigenvalue weighted by atomic mass is 10.2. The number of para-hydroxylation sites is 1. The summed E-state index contributed by atoms with van der Waals surface area (Å²) < 4.78 is 34.9. The van der Waals surface area contributed by atoms with Gasteiger partial charge in [-0.2, -0.15) is 8.78 Å². The summed E-state index contributed by atoms with van der Waals surface area (Å²) in [4.78, 5) is 38.3. The molecule has 1 aliphatic heterocycles. The number of imide groups is 1. The Kier molecular flexibility index (Phi) is 7.47. The van der Waals surface area contributed by atoms with Gasteiger partial charge < -0.3 is 14.8 Å². The second kappa shape index (κ2) is 10.3. The molecule has 0 aromatic heterocycles. The number of anilines is 1. The van der Waals surface area contributed by atoms with Crippen LogP contribution in [0.15, 0.2) is 47.4 Å². The number of aryl methyl sites for hydroxylation is 1. The van der Waals surface area contributed by atoms with E-state index in [-0.39, 0.29) is 23.0 Å². The Morgan fingerprint density at radius 1 is 1.19 bits per heavy atom. The lowest BCUT2D eigenvalue weighted by Crippen LogP contribution is -2.36. The van der Waals surface area contributed by atoms with Gasteiger partial charge in [-0.3, -0.25) is 19.3 Å². The first-order valence-electron chi connectivity index (χ1n) is 9.61. The van der Waals surface area contributed by atoms with Crippen LogP contribution in [0.2, 0.25) is 0 Å². The monoisotopic (exact) mass is 462 g/mol. The summed E-state index contributed by atoms with van der Waals surface area (Å²) in [6.45, 7) is 0.290. The summed E-state index contributed by atoms with van der Waals surface area (Å²) in [5.74, 6) is -1.18. The minimum atomic E-state index is -3.01. The molecular weight excluding hydrogens is 442 g/mol. The number of carbonyl (C=O) groups is 3. The maximum Gasteiger partial charge on any atom is 0.387 e. The van der Waals surface area contributed by atoms with Gasteiger partial charge in [-0.25, -0.2) is 0 Å². The molecule has 1 heterocycles. The Bertz CT molecular complexity index is 1070. The van der Waals surface area contributed by atoms with E-state index in [1.165, 1.54) is 24.3 Å². The Labute approximate surface area is 187 Å². The van der Waals surface area contributed by atoms with Crippen molar-refractivity contribution in [3.8, 4) is 11.5 Å². The number of halogens is 2. The molecule has 0 radical (unpaired) electrons. The van der Waals surface area contributed by atoms with E-state index >= 15 is 0 Å². The molecule has 1 fully saturated rings. The summed E-state index contributed by atoms with van der Waals surface area (Å²) in [7, 11) is 0. The van der Waals surface area contributed by atoms with Gasteiger partial charge in [0.2, 0.25) is 5.91 Å². The zero-order chi connectivity index (χ0) is 23.3. The SMILES string of the molecule is CCOc1cc(C=C2SC(=O)N(CC(=O)Nc3ccccc3C)C2=O)ccc1OC(F)F. The number of hydrogen-bond donors (Lipinski definition) is 1. The molecule has 0 saturated carbocycles. The number of ether oxygens (including phenoxy) is 2. The van der Waals surface area contributed by atoms with Crippen LogP contribution in [0, 0.1) is 6.92 Å². The molecule has 32 heavy (non-hydrogen) atoms. The maximum atomic E-state index is 12.7. The zero-order valence-electron chi connectivity index (χ0n) is 17.3. The van der Waals surface area contributed by atoms with Gasteiger partial charge in [0.05, 0.1) is 11.5 Å². The van der Waals surface area contributed by atoms with E-state index in [9.17, 15) is 23.2 Å². The molecule has 0 aliphatic carbocycles. The minimum Gasteiger partial charge on any atom is -0.490 e. The van der Waals surface area contributed by atoms with Gasteiger partial charge in [-0.15, -0.1) is 0 Å². The fourth-order valence-electron chi connectivity index (χ4n) is 2.91. The topological polar surface area (TPSA) is 84.9 Å². The van der Waals surface area contributed by atoms with Crippen LogP contribution in [0.4, 0.5) is 19.3 Å². The number of amides is 3. The van der Waals surface area contributed by atoms with E-state index in [2.05, 4.69) is 10.1 Å². The van der Waals surface area contributed by atoms with Crippen LogP contribution in [0.25, 0.3) is 6.08 Å². The van der Waals surface area contributed by atoms with Crippen LogP contribution >= 0.6 is 11.8 Å². The molecule has 1 N–H and O–H groups in total. The molecule has 2 aromatic carbocycles. The fraction of sp³-hybridized carbons (Fsp3) is 0.227. The smallest absolute Gasteiger partial charge is 0.387 e. The van der Waals surface area contributed by atoms with E-state index in [4.69, 9.17) is 4.74 Å². The molecule has 0 atom stereocenters. The standard InChI is InChI=1S/C22H20F2N2O5S/c1-3-30-17-10-14(8-9-16(17)31-21(23)24)11-18-20(28)26(22(29)32-18)12-19(27)25-15-7-5-4-6-13(15)2/h4-11,21H,3,12H2,1-2H3,(H,25,27). The van der Waals surface area contributed by atoms with Gasteiger partial charge in [0.15, 0.2) is 11.5 Å². The number of hydrogen-bond acceptors (Lipinski definition) is 6. The maximum absolute atomic E-state index is 12.7. The van der Waals surface area contributed by atoms with Gasteiger partial charge in [0, 0.05) is 5.69 Å². The molecule has 1 saturated heterocycles. The molecule has 10 heteroatoms. The van der Waals surface area contributed by atoms with Crippen LogP contribution in [0.5, 0.6) is 11.5 Å². The number of thioether (sulfide) groups is 1. The third-order valence-corrected chi connectivity index (χ3v) is 5.28. The number of nitrogens with one attached hydrogen (secondary N) is 1. The highest BCUT2D eigenvalue weighted by atomic mass is 32.2. The summed E-state index contributed by atoms with van der Waals surface area (Å²) in [5.41, 5.74) is 1.89. The first kappa shape index (κ1) is 23.3. The van der Waals surface area contributed by atoms with E-state index in [1.54, 1.807) is 19.1 Å². The fourth-order valence-corrected chi connectivity index (χ4v) is 3.75. The zero-order valence-corrected chi connectivity index (χ0v) is 18.1. The summed E-state index contributed by atoms with van der Waals surface area (Å²) in [6, 6.07) is 11.3. The number of alkyl halides is 2. The van der Waals surface area contributed by atoms with E-state index in [0.29, 0.717) is 23.0 Å². The van der Waals surface area contributed by atoms with Crippen LogP contribution in [0.3, 0.4) is 0 Å². The van der Waals surface area contributed by atoms with Crippen LogP contribution < -0.4 is 14.8 Å². The number of rotatable bonds is 8. The Morgan fingerprint density at radius 2 is 1.94 bits per heavy atom. The number of carbonyl (C=O) groups excluding carboxylic acids is 3. The Morgan fingerprint density at radius 3 is 2.62 bits per heavy atom. The Hall–Kier alpha value is -3.40. The lowest BCUT2D eigenvalue weighted by Gasteiger charge is -2.13. The van der Waals surface area contributed by atoms with Crippen molar-refractivity contribution in [2.75, 3.05) is 18.5 Å². The highest BCUT2D eigenvalue weighted by molar-refractivity contribution is 8.18. The predicted octanol–water partition coefficient (Wildman–Crippen LogP) is 4.67. The first-order valence-corrected chi connectivity index (χ1v) is 10.4. The molecule has 3 amide bonds. The van der Waals surface area contributed by atoms with Crippen LogP contribution in [-0.2, 0) is 9.59 Å². The summed E-state index contributed by atoms with van der Waals surface area (Å²) in [6.07, 6.45) is 1.43. The van der Waals surface area contributed by atoms with Gasteiger partial charge in [-0.1, -0.05) is 24.3 Å². The normalized spacial score (nSPS) is 14.9. The highest BCUT2D eigenvalue weighted by Crippen LogP contribution is 2.35. The molecule has 0 spiro atoms. The van der Waals surface area contributed by atoms with Crippen molar-refractivity contribution >= 4 is 40.6 Å². The predicted molar refractivity (Wildman–Crippen MR) is 117 cm³/mol. The van der Waals surface area contributed by atoms with E-state index in [1.807, 2.05) is 19.1 Å². The average Bonchev–Trinajstić information content (AvgIpc) is 2.99. The van der Waals surface area contributed by atoms with E-state index < -0.39 is 30.2 Å². The van der Waals surface area contributed by atoms with Crippen molar-refractivity contribution in [2.24, 2.45) is 0 Å². The summed E-state index contributed by atoms with van der Waals surface area (Å²) >= 11 is 0.689. The second-order valence-electron chi connectivity index (χ2n) is 6.65. The molecule has 0 bridgehead atoms. The van der Waals surface area contributed by atoms with Gasteiger partial charge in [0.25, 0.3) is 11.1 Å². The van der Waals surface area contributed by atoms with Crippen molar-refractivity contribution in [3.63, 3.8) is 0 Å². The van der Waals surface area contributed by atoms with Crippen molar-refractivity contribution < 1.29 is 32.6 Å². The molecule has 7 nitrogen and oxygen atoms in total. The third kappa shape index (κ3) is 5.64. The first-order chi connectivity index (χ1) is 15.3. The largest absolute Gasteiger partial charge is 0.490 e. The molecular formula is C22H20F2N2O5S. The van der Waals surface area contributed by atoms with Crippen molar-refractivity contribution in [1.29, 1.82) is 0 Å². The minimum absolute atomic E-state index is 0.0818. The molecule has 2 aromatic rings. The number of nitrogens with zero attached hydrogens (tertiary/aromatic N) is 1. The molecule has 1 aliphatic rings. The second-order valence-corrected chi connectivity index (χ2v) is 7.64. The molecule has 0 unspecified atom stereocenters. The Balaban J connectivity index is 1.74. The quantitative estimate of drug-likeness (QED) is 0.574. The summed E-state index contributed by atoms with van der Waals surface area (Å²) in [5, 5.41) is 2.10. The third-order valence-electron chi connectivity index (χ3n) is 4.38. The van der Waals surface area contributed by atoms with Crippen LogP contribution in [0.1, 0.15) is 18.1 Å². The van der Waals surface area contributed by atoms with Crippen molar-refractivity contribution in [3.05, 3.63) is 58.5 Å². The van der Waals surface area contributed by atoms with Crippen molar-refractivity contribution in [2.45, 2.75) is 20.5 Å². The number of benzene rings is 2. The van der Waals surface area contributed by atoms with Gasteiger partial charge in [0.1, 0.15) is 6.54 Å². The highest BCUT2D eigenvalue weighted by Gasteiger charge is 2.36. The molecule has 168 valence electrons. The van der Waals surface area contributed by atoms with Gasteiger partial charge >= 0.3 is 6.61 Å². The average molecular weight is 462 g/mol. The lowest BCUT2D eigenvalue weighted by molar-refractivity contribution is -0.127. The van der Waals surface area contributed by atoms with Crippen LogP contribution in [-0.4, -0.2) is 41.7 Å². The van der Waals surface area contributed by atoms with E-state index in [0.717, 1.165) is 10.5 Å².